The summed E-state index contributed by atoms with van der Waals surface area (Å²) in [6.07, 6.45) is 3.57. The molecule has 1 fully saturated rings. The fourth-order valence-electron chi connectivity index (χ4n) is 6.27. The molecule has 39 heavy (non-hydrogen) atoms. The Kier molecular flexibility index (Phi) is 6.20. The van der Waals surface area contributed by atoms with Crippen LogP contribution in [0, 0.1) is 6.92 Å². The van der Waals surface area contributed by atoms with Crippen LogP contribution in [0.4, 0.5) is 11.6 Å². The van der Waals surface area contributed by atoms with Gasteiger partial charge in [-0.2, -0.15) is 0 Å². The molecule has 0 saturated carbocycles. The number of benzene rings is 1. The number of aryl methyl sites for hydroxylation is 1. The van der Waals surface area contributed by atoms with Gasteiger partial charge in [-0.05, 0) is 47.9 Å². The molecule has 0 unspecified atom stereocenters. The average Bonchev–Trinajstić information content (AvgIpc) is 3.23. The summed E-state index contributed by atoms with van der Waals surface area (Å²) in [7, 11) is 20.4. The van der Waals surface area contributed by atoms with E-state index in [1.54, 1.807) is 12.3 Å². The van der Waals surface area contributed by atoms with Gasteiger partial charge in [-0.3, -0.25) is 4.79 Å². The van der Waals surface area contributed by atoms with E-state index < -0.39 is 0 Å². The van der Waals surface area contributed by atoms with Crippen LogP contribution in [0.1, 0.15) is 16.2 Å². The van der Waals surface area contributed by atoms with Crippen molar-refractivity contribution < 1.29 is 4.79 Å². The largest absolute Gasteiger partial charge is 0.379 e. The minimum absolute atomic E-state index is 0.0167. The van der Waals surface area contributed by atoms with Gasteiger partial charge in [-0.15, -0.1) is 10.2 Å². The molecule has 0 bridgehead atoms. The monoisotopic (exact) mass is 509 g/mol. The molecular formula is C23H31B8N7O. The van der Waals surface area contributed by atoms with E-state index in [1.807, 2.05) is 55.1 Å². The lowest BCUT2D eigenvalue weighted by atomic mass is 9.17. The zero-order valence-electron chi connectivity index (χ0n) is 24.7. The Hall–Kier alpha value is -3.29. The number of carbonyl (C=O) groups excluding carboxylic acids is 1. The summed E-state index contributed by atoms with van der Waals surface area (Å²) in [5.41, 5.74) is 3.32. The highest BCUT2D eigenvalue weighted by atomic mass is 16.1. The number of imidazole rings is 1. The van der Waals surface area contributed by atoms with Crippen molar-refractivity contribution in [1.82, 2.24) is 24.7 Å². The molecule has 1 aliphatic rings. The van der Waals surface area contributed by atoms with Crippen LogP contribution >= 0.6 is 0 Å². The fourth-order valence-corrected chi connectivity index (χ4v) is 6.27. The zero-order chi connectivity index (χ0) is 28.5. The Bertz CT molecular complexity index is 1600. The third kappa shape index (κ3) is 3.97. The third-order valence-electron chi connectivity index (χ3n) is 10.3. The summed E-state index contributed by atoms with van der Waals surface area (Å²) in [6.45, 7) is 1.97. The zero-order valence-corrected chi connectivity index (χ0v) is 24.7. The lowest BCUT2D eigenvalue weighted by Gasteiger charge is -2.46. The first-order chi connectivity index (χ1) is 18.1. The van der Waals surface area contributed by atoms with Crippen molar-refractivity contribution in [1.29, 1.82) is 0 Å². The van der Waals surface area contributed by atoms with Crippen LogP contribution in [0.2, 0.25) is 10.4 Å². The summed E-state index contributed by atoms with van der Waals surface area (Å²) in [5, 5.41) is 12.0. The Morgan fingerprint density at radius 1 is 0.872 bits per heavy atom. The maximum atomic E-state index is 13.4. The van der Waals surface area contributed by atoms with E-state index in [9.17, 15) is 4.79 Å². The van der Waals surface area contributed by atoms with Crippen molar-refractivity contribution in [2.45, 2.75) is 28.0 Å². The number of fused-ring (bicyclic) bond motifs is 1. The number of aromatic nitrogens is 5. The molecule has 0 atom stereocenters. The van der Waals surface area contributed by atoms with Crippen LogP contribution in [0.5, 0.6) is 0 Å². The maximum absolute atomic E-state index is 13.4. The van der Waals surface area contributed by atoms with Gasteiger partial charge in [0, 0.05) is 29.8 Å². The van der Waals surface area contributed by atoms with E-state index in [2.05, 4.69) is 88.2 Å². The van der Waals surface area contributed by atoms with Crippen LogP contribution in [-0.4, -0.2) is 104 Å². The molecule has 1 aliphatic heterocycles. The predicted molar refractivity (Wildman–Crippen MR) is 180 cm³/mol. The van der Waals surface area contributed by atoms with E-state index >= 15 is 0 Å². The molecule has 0 radical (unpaired) electrons. The molecule has 0 aliphatic carbocycles. The van der Waals surface area contributed by atoms with Gasteiger partial charge in [0.2, 0.25) is 0 Å². The maximum Gasteiger partial charge on any atom is 0.257 e. The molecular weight excluding hydrogens is 477 g/mol. The van der Waals surface area contributed by atoms with Crippen molar-refractivity contribution in [2.24, 2.45) is 7.05 Å². The molecule has 5 rings (SSSR count). The van der Waals surface area contributed by atoms with Crippen molar-refractivity contribution in [2.75, 3.05) is 10.2 Å². The Morgan fingerprint density at radius 2 is 1.54 bits per heavy atom. The first kappa shape index (κ1) is 27.3. The normalized spacial score (nSPS) is 18.7. The second-order valence-corrected chi connectivity index (χ2v) is 12.8. The molecule has 3 aromatic heterocycles. The molecule has 1 amide bonds. The minimum atomic E-state index is -0.251. The van der Waals surface area contributed by atoms with Crippen LogP contribution in [-0.2, 0) is 7.05 Å². The van der Waals surface area contributed by atoms with Crippen molar-refractivity contribution in [3.8, 4) is 11.3 Å². The van der Waals surface area contributed by atoms with Gasteiger partial charge in [-0.1, -0.05) is 16.5 Å². The quantitative estimate of drug-likeness (QED) is 0.280. The van der Waals surface area contributed by atoms with Crippen molar-refractivity contribution in [3.05, 3.63) is 60.2 Å². The summed E-state index contributed by atoms with van der Waals surface area (Å²) >= 11 is 0. The molecule has 1 aromatic carbocycles. The first-order valence-electron chi connectivity index (χ1n) is 13.4. The average molecular weight is 508 g/mol. The number of carbonyl (C=O) groups is 1. The summed E-state index contributed by atoms with van der Waals surface area (Å²) in [6, 6.07) is 11.5. The number of nitrogens with zero attached hydrogens (tertiary/aromatic N) is 6. The van der Waals surface area contributed by atoms with E-state index in [-0.39, 0.29) is 27.0 Å². The summed E-state index contributed by atoms with van der Waals surface area (Å²) < 4.78 is 2.05. The fraction of sp³-hybridized carbons (Fsp3) is 0.261. The number of pyridine rings is 1. The molecule has 16 heteroatoms. The van der Waals surface area contributed by atoms with E-state index in [1.165, 1.54) is 0 Å². The number of amides is 1. The third-order valence-corrected chi connectivity index (χ3v) is 10.3. The number of nitrogens with one attached hydrogen (secondary N) is 1. The SMILES string of the molecule is BC1(B)N(c2cc(C(=O)Nc3cc4cc(-c5cnc(C)n5C)ccc4nn3)ccn2)C(B)(B)C(B)(B)C1(B)B. The Balaban J connectivity index is 1.45. The van der Waals surface area contributed by atoms with Gasteiger partial charge in [0.05, 0.1) is 48.8 Å². The lowest BCUT2D eigenvalue weighted by molar-refractivity contribution is 0.102. The van der Waals surface area contributed by atoms with E-state index in [0.717, 1.165) is 33.8 Å². The second-order valence-electron chi connectivity index (χ2n) is 12.8. The van der Waals surface area contributed by atoms with Gasteiger partial charge < -0.3 is 14.8 Å². The molecule has 188 valence electrons. The first-order valence-corrected chi connectivity index (χ1v) is 13.4. The topological polar surface area (TPSA) is 88.8 Å². The van der Waals surface area contributed by atoms with Gasteiger partial charge in [-0.25, -0.2) is 9.97 Å². The van der Waals surface area contributed by atoms with Crippen molar-refractivity contribution in [3.63, 3.8) is 0 Å². The molecule has 4 heterocycles. The highest BCUT2D eigenvalue weighted by Gasteiger charge is 2.65. The van der Waals surface area contributed by atoms with Crippen LogP contribution < -0.4 is 10.2 Å². The van der Waals surface area contributed by atoms with Crippen LogP contribution in [0.25, 0.3) is 22.2 Å². The molecule has 1 N–H and O–H groups in total. The molecule has 1 saturated heterocycles. The number of rotatable bonds is 4. The number of anilines is 2. The van der Waals surface area contributed by atoms with Gasteiger partial charge >= 0.3 is 0 Å². The summed E-state index contributed by atoms with van der Waals surface area (Å²) in [5.74, 6) is 1.87. The minimum Gasteiger partial charge on any atom is -0.379 e. The van der Waals surface area contributed by atoms with Gasteiger partial charge in [0.15, 0.2) is 5.82 Å². The van der Waals surface area contributed by atoms with Crippen LogP contribution in [0.15, 0.2) is 48.8 Å². The lowest BCUT2D eigenvalue weighted by Crippen LogP contribution is -2.60. The predicted octanol–water partition coefficient (Wildman–Crippen LogP) is -4.59. The smallest absolute Gasteiger partial charge is 0.257 e. The Morgan fingerprint density at radius 3 is 2.15 bits per heavy atom. The molecule has 8 nitrogen and oxygen atoms in total. The van der Waals surface area contributed by atoms with Crippen molar-refractivity contribution >= 4 is 91.2 Å². The highest BCUT2D eigenvalue weighted by molar-refractivity contribution is 6.69. The molecule has 4 aromatic rings. The summed E-state index contributed by atoms with van der Waals surface area (Å²) in [4.78, 5) is 24.9. The van der Waals surface area contributed by atoms with Gasteiger partial charge in [0.25, 0.3) is 5.91 Å². The highest BCUT2D eigenvalue weighted by Crippen LogP contribution is 2.63. The number of hydrogen-bond acceptors (Lipinski definition) is 6. The van der Waals surface area contributed by atoms with Gasteiger partial charge in [0.1, 0.15) is 43.0 Å². The molecule has 0 spiro atoms. The van der Waals surface area contributed by atoms with Crippen LogP contribution in [0.3, 0.4) is 0 Å². The standard InChI is InChI=1S/C23H31B8N7O/c1-11-33-10-16(37(11)2)12-3-4-15-14(7-12)8-17(36-35-15)34-19(39)13-5-6-32-18(9-13)38-22(28,29)20(24,25)21(26,27)23(38,30)31/h3-10H,24-31H2,1-2H3,(H,34,36,39). The number of hydrogen-bond donors (Lipinski definition) is 1. The van der Waals surface area contributed by atoms with E-state index in [0.29, 0.717) is 11.4 Å². The Labute approximate surface area is 237 Å². The van der Waals surface area contributed by atoms with E-state index in [4.69, 9.17) is 4.98 Å². The second kappa shape index (κ2) is 8.86.